The van der Waals surface area contributed by atoms with E-state index in [9.17, 15) is 4.79 Å². The van der Waals surface area contributed by atoms with Crippen molar-refractivity contribution in [2.45, 2.75) is 13.3 Å². The number of hydrogen-bond donors (Lipinski definition) is 0. The van der Waals surface area contributed by atoms with Gasteiger partial charge in [-0.3, -0.25) is 9.79 Å². The molecule has 48 valence electrons. The van der Waals surface area contributed by atoms with Gasteiger partial charge in [0, 0.05) is 18.2 Å². The summed E-state index contributed by atoms with van der Waals surface area (Å²) in [5.41, 5.74) is 0.845. The van der Waals surface area contributed by atoms with Crippen LogP contribution in [0.3, 0.4) is 0 Å². The van der Waals surface area contributed by atoms with Crippen LogP contribution in [0.15, 0.2) is 16.6 Å². The molecule has 0 saturated carbocycles. The summed E-state index contributed by atoms with van der Waals surface area (Å²) in [5, 5.41) is 0. The molecule has 0 N–H and O–H groups in total. The highest BCUT2D eigenvalue weighted by Crippen LogP contribution is 2.02. The molecule has 1 aliphatic rings. The molecule has 0 aromatic heterocycles. The monoisotopic (exact) mass is 123 g/mol. The van der Waals surface area contributed by atoms with Crippen molar-refractivity contribution in [2.75, 3.05) is 6.54 Å². The first-order chi connectivity index (χ1) is 4.30. The molecule has 1 heterocycles. The van der Waals surface area contributed by atoms with Gasteiger partial charge in [-0.2, -0.15) is 0 Å². The molecule has 2 nitrogen and oxygen atoms in total. The van der Waals surface area contributed by atoms with Gasteiger partial charge in [0.25, 0.3) is 0 Å². The molecule has 1 rings (SSSR count). The van der Waals surface area contributed by atoms with E-state index in [-0.39, 0.29) is 5.78 Å². The number of hydrogen-bond acceptors (Lipinski definition) is 2. The Morgan fingerprint density at radius 1 is 1.78 bits per heavy atom. The third-order valence-corrected chi connectivity index (χ3v) is 1.31. The van der Waals surface area contributed by atoms with Crippen molar-refractivity contribution in [1.82, 2.24) is 0 Å². The topological polar surface area (TPSA) is 29.4 Å². The number of rotatable bonds is 1. The van der Waals surface area contributed by atoms with Gasteiger partial charge in [0.15, 0.2) is 5.78 Å². The first kappa shape index (κ1) is 6.20. The van der Waals surface area contributed by atoms with E-state index in [2.05, 4.69) is 4.99 Å². The van der Waals surface area contributed by atoms with E-state index in [4.69, 9.17) is 0 Å². The number of ketones is 1. The number of allylic oxidation sites excluding steroid dienone is 1. The van der Waals surface area contributed by atoms with Gasteiger partial charge < -0.3 is 0 Å². The second-order valence-corrected chi connectivity index (χ2v) is 2.04. The zero-order valence-corrected chi connectivity index (χ0v) is 5.42. The predicted octanol–water partition coefficient (Wildman–Crippen LogP) is 0.976. The van der Waals surface area contributed by atoms with Crippen LogP contribution in [0, 0.1) is 0 Å². The quantitative estimate of drug-likeness (QED) is 0.511. The lowest BCUT2D eigenvalue weighted by atomic mass is 10.1. The highest BCUT2D eigenvalue weighted by molar-refractivity contribution is 5.94. The Balaban J connectivity index is 2.61. The van der Waals surface area contributed by atoms with Gasteiger partial charge in [-0.25, -0.2) is 0 Å². The molecule has 0 aliphatic carbocycles. The molecule has 0 radical (unpaired) electrons. The lowest BCUT2D eigenvalue weighted by Crippen LogP contribution is -2.03. The van der Waals surface area contributed by atoms with Gasteiger partial charge in [0.1, 0.15) is 0 Å². The fourth-order valence-electron chi connectivity index (χ4n) is 0.752. The molecule has 2 heteroatoms. The summed E-state index contributed by atoms with van der Waals surface area (Å²) < 4.78 is 0. The van der Waals surface area contributed by atoms with E-state index in [1.807, 2.05) is 12.3 Å². The molecule has 9 heavy (non-hydrogen) atoms. The number of nitrogens with zero attached hydrogens (tertiary/aromatic N) is 1. The summed E-state index contributed by atoms with van der Waals surface area (Å²) in [6, 6.07) is 0. The van der Waals surface area contributed by atoms with Gasteiger partial charge in [0.2, 0.25) is 0 Å². The van der Waals surface area contributed by atoms with E-state index in [0.29, 0.717) is 6.54 Å². The Morgan fingerprint density at radius 2 is 2.56 bits per heavy atom. The Hall–Kier alpha value is -0.920. The largest absolute Gasteiger partial charge is 0.295 e. The lowest BCUT2D eigenvalue weighted by molar-refractivity contribution is -0.113. The minimum atomic E-state index is 0.145. The summed E-state index contributed by atoms with van der Waals surface area (Å²) >= 11 is 0. The Kier molecular flexibility index (Phi) is 1.78. The van der Waals surface area contributed by atoms with E-state index in [1.54, 1.807) is 6.92 Å². The van der Waals surface area contributed by atoms with E-state index in [0.717, 1.165) is 12.0 Å². The maximum absolute atomic E-state index is 10.7. The number of carbonyl (C=O) groups is 1. The summed E-state index contributed by atoms with van der Waals surface area (Å²) in [7, 11) is 0. The first-order valence-electron chi connectivity index (χ1n) is 2.99. The Morgan fingerprint density at radius 3 is 2.89 bits per heavy atom. The second kappa shape index (κ2) is 2.58. The fraction of sp³-hybridized carbons (Fsp3) is 0.429. The third-order valence-electron chi connectivity index (χ3n) is 1.31. The fourth-order valence-corrected chi connectivity index (χ4v) is 0.752. The third kappa shape index (κ3) is 1.49. The van der Waals surface area contributed by atoms with Crippen LogP contribution in [0.1, 0.15) is 13.3 Å². The van der Waals surface area contributed by atoms with E-state index in [1.165, 1.54) is 0 Å². The first-order valence-corrected chi connectivity index (χ1v) is 2.99. The van der Waals surface area contributed by atoms with E-state index >= 15 is 0 Å². The molecule has 0 atom stereocenters. The molecule has 1 aliphatic heterocycles. The van der Waals surface area contributed by atoms with Gasteiger partial charge in [-0.05, 0) is 6.92 Å². The van der Waals surface area contributed by atoms with Crippen molar-refractivity contribution in [2.24, 2.45) is 4.99 Å². The minimum absolute atomic E-state index is 0.145. The molecule has 0 spiro atoms. The van der Waals surface area contributed by atoms with Crippen molar-refractivity contribution in [1.29, 1.82) is 0 Å². The average Bonchev–Trinajstić information content (AvgIpc) is 1.90. The Labute approximate surface area is 54.3 Å². The van der Waals surface area contributed by atoms with Gasteiger partial charge in [-0.15, -0.1) is 0 Å². The zero-order chi connectivity index (χ0) is 6.69. The van der Waals surface area contributed by atoms with Gasteiger partial charge in [-0.1, -0.05) is 6.08 Å². The maximum atomic E-state index is 10.7. The van der Waals surface area contributed by atoms with Crippen molar-refractivity contribution in [3.63, 3.8) is 0 Å². The van der Waals surface area contributed by atoms with Crippen molar-refractivity contribution in [3.8, 4) is 0 Å². The van der Waals surface area contributed by atoms with Crippen LogP contribution < -0.4 is 0 Å². The molecule has 0 bridgehead atoms. The highest BCUT2D eigenvalue weighted by Gasteiger charge is 2.02. The molecule has 0 amide bonds. The maximum Gasteiger partial charge on any atom is 0.157 e. The molecule has 0 fully saturated rings. The molecular formula is C7H9NO. The number of carbonyl (C=O) groups excluding carboxylic acids is 1. The summed E-state index contributed by atoms with van der Waals surface area (Å²) in [4.78, 5) is 14.6. The zero-order valence-electron chi connectivity index (χ0n) is 5.42. The molecule has 0 unspecified atom stereocenters. The van der Waals surface area contributed by atoms with Crippen LogP contribution in [0.4, 0.5) is 0 Å². The normalized spacial score (nSPS) is 17.2. The van der Waals surface area contributed by atoms with Crippen LogP contribution in [0.2, 0.25) is 0 Å². The highest BCUT2D eigenvalue weighted by atomic mass is 16.1. The van der Waals surface area contributed by atoms with Crippen LogP contribution in [0.25, 0.3) is 0 Å². The van der Waals surface area contributed by atoms with Crippen molar-refractivity contribution >= 4 is 12.0 Å². The lowest BCUT2D eigenvalue weighted by Gasteiger charge is -2.01. The second-order valence-electron chi connectivity index (χ2n) is 2.04. The molecule has 0 aromatic carbocycles. The average molecular weight is 123 g/mol. The standard InChI is InChI=1S/C7H9NO/c1-6(9)7-3-2-4-8-5-7/h3-4H,2,5H2,1H3. The number of aliphatic imine (C=N–C) groups is 1. The van der Waals surface area contributed by atoms with Crippen LogP contribution in [-0.4, -0.2) is 18.5 Å². The Bertz CT molecular complexity index is 179. The molecule has 0 aromatic rings. The minimum Gasteiger partial charge on any atom is -0.295 e. The number of Topliss-reactive ketones (excluding diaryl/α,β-unsaturated/α-hetero) is 1. The molecule has 0 saturated heterocycles. The SMILES string of the molecule is CC(=O)C1=CCC=NC1. The number of dihydropyridines is 1. The van der Waals surface area contributed by atoms with Crippen molar-refractivity contribution < 1.29 is 4.79 Å². The molecular weight excluding hydrogens is 114 g/mol. The van der Waals surface area contributed by atoms with E-state index < -0.39 is 0 Å². The van der Waals surface area contributed by atoms with Crippen LogP contribution in [0.5, 0.6) is 0 Å². The van der Waals surface area contributed by atoms with Gasteiger partial charge >= 0.3 is 0 Å². The summed E-state index contributed by atoms with van der Waals surface area (Å²) in [6.45, 7) is 2.15. The smallest absolute Gasteiger partial charge is 0.157 e. The summed E-state index contributed by atoms with van der Waals surface area (Å²) in [5.74, 6) is 0.145. The van der Waals surface area contributed by atoms with Crippen LogP contribution >= 0.6 is 0 Å². The summed E-state index contributed by atoms with van der Waals surface area (Å²) in [6.07, 6.45) is 4.57. The van der Waals surface area contributed by atoms with Crippen LogP contribution in [-0.2, 0) is 4.79 Å². The van der Waals surface area contributed by atoms with Crippen molar-refractivity contribution in [3.05, 3.63) is 11.6 Å². The van der Waals surface area contributed by atoms with Gasteiger partial charge in [0.05, 0.1) is 6.54 Å². The predicted molar refractivity (Wildman–Crippen MR) is 36.7 cm³/mol.